The lowest BCUT2D eigenvalue weighted by Crippen LogP contribution is -2.40. The third kappa shape index (κ3) is 4.02. The summed E-state index contributed by atoms with van der Waals surface area (Å²) in [5.74, 6) is -0.0858. The van der Waals surface area contributed by atoms with E-state index < -0.39 is 6.04 Å². The van der Waals surface area contributed by atoms with Crippen LogP contribution in [0.15, 0.2) is 12.4 Å². The van der Waals surface area contributed by atoms with Crippen LogP contribution in [0, 0.1) is 0 Å². The molecule has 0 aliphatic rings. The van der Waals surface area contributed by atoms with Gasteiger partial charge in [0.2, 0.25) is 5.91 Å². The number of carbonyl (C=O) groups is 1. The minimum absolute atomic E-state index is 0.0858. The molecule has 0 aliphatic heterocycles. The summed E-state index contributed by atoms with van der Waals surface area (Å²) >= 11 is 0. The molecule has 1 atom stereocenters. The van der Waals surface area contributed by atoms with Crippen molar-refractivity contribution in [2.45, 2.75) is 38.8 Å². The third-order valence-electron chi connectivity index (χ3n) is 2.43. The molecule has 90 valence electrons. The first-order chi connectivity index (χ1) is 7.63. The maximum absolute atomic E-state index is 11.6. The molecule has 3 N–H and O–H groups in total. The van der Waals surface area contributed by atoms with Gasteiger partial charge in [0.1, 0.15) is 0 Å². The highest BCUT2D eigenvalue weighted by molar-refractivity contribution is 5.81. The molecule has 5 nitrogen and oxygen atoms in total. The van der Waals surface area contributed by atoms with E-state index >= 15 is 0 Å². The van der Waals surface area contributed by atoms with Crippen molar-refractivity contribution in [3.63, 3.8) is 0 Å². The van der Waals surface area contributed by atoms with E-state index in [-0.39, 0.29) is 5.91 Å². The molecule has 0 spiro atoms. The lowest BCUT2D eigenvalue weighted by Gasteiger charge is -2.10. The van der Waals surface area contributed by atoms with Crippen LogP contribution in [-0.2, 0) is 18.4 Å². The van der Waals surface area contributed by atoms with Gasteiger partial charge in [-0.15, -0.1) is 0 Å². The number of hydrogen-bond acceptors (Lipinski definition) is 3. The van der Waals surface area contributed by atoms with E-state index in [0.29, 0.717) is 6.54 Å². The van der Waals surface area contributed by atoms with Crippen LogP contribution in [-0.4, -0.2) is 21.7 Å². The zero-order valence-electron chi connectivity index (χ0n) is 9.94. The van der Waals surface area contributed by atoms with Crippen molar-refractivity contribution < 1.29 is 4.79 Å². The standard InChI is InChI=1S/C11H20N4O/c1-3-4-5-10(12)11(16)13-6-9-7-14-15(2)8-9/h7-8,10H,3-6,12H2,1-2H3,(H,13,16)/t10-/m0/s1. The molecule has 0 aliphatic carbocycles. The van der Waals surface area contributed by atoms with Gasteiger partial charge in [0, 0.05) is 25.4 Å². The van der Waals surface area contributed by atoms with E-state index in [1.165, 1.54) is 0 Å². The summed E-state index contributed by atoms with van der Waals surface area (Å²) in [7, 11) is 1.85. The zero-order valence-corrected chi connectivity index (χ0v) is 9.94. The monoisotopic (exact) mass is 224 g/mol. The summed E-state index contributed by atoms with van der Waals surface area (Å²) in [5.41, 5.74) is 6.72. The molecule has 0 bridgehead atoms. The van der Waals surface area contributed by atoms with E-state index in [4.69, 9.17) is 5.73 Å². The van der Waals surface area contributed by atoms with Crippen molar-refractivity contribution in [2.75, 3.05) is 0 Å². The van der Waals surface area contributed by atoms with Gasteiger partial charge < -0.3 is 11.1 Å². The van der Waals surface area contributed by atoms with Gasteiger partial charge in [0.25, 0.3) is 0 Å². The Labute approximate surface area is 96.0 Å². The van der Waals surface area contributed by atoms with Crippen LogP contribution >= 0.6 is 0 Å². The van der Waals surface area contributed by atoms with Crippen LogP contribution < -0.4 is 11.1 Å². The van der Waals surface area contributed by atoms with Gasteiger partial charge in [-0.1, -0.05) is 19.8 Å². The lowest BCUT2D eigenvalue weighted by atomic mass is 10.1. The van der Waals surface area contributed by atoms with Gasteiger partial charge in [0.05, 0.1) is 12.2 Å². The van der Waals surface area contributed by atoms with Crippen molar-refractivity contribution >= 4 is 5.91 Å². The average molecular weight is 224 g/mol. The maximum atomic E-state index is 11.6. The summed E-state index contributed by atoms with van der Waals surface area (Å²) in [6.07, 6.45) is 6.40. The largest absolute Gasteiger partial charge is 0.351 e. The number of carbonyl (C=O) groups excluding carboxylic acids is 1. The minimum Gasteiger partial charge on any atom is -0.351 e. The number of aryl methyl sites for hydroxylation is 1. The van der Waals surface area contributed by atoms with Crippen LogP contribution in [0.1, 0.15) is 31.7 Å². The topological polar surface area (TPSA) is 72.9 Å². The second-order valence-corrected chi connectivity index (χ2v) is 3.99. The van der Waals surface area contributed by atoms with Crippen LogP contribution in [0.2, 0.25) is 0 Å². The fourth-order valence-corrected chi connectivity index (χ4v) is 1.44. The van der Waals surface area contributed by atoms with E-state index in [0.717, 1.165) is 24.8 Å². The van der Waals surface area contributed by atoms with E-state index in [1.807, 2.05) is 13.2 Å². The Balaban J connectivity index is 2.29. The summed E-state index contributed by atoms with van der Waals surface area (Å²) in [4.78, 5) is 11.6. The number of aromatic nitrogens is 2. The summed E-state index contributed by atoms with van der Waals surface area (Å²) < 4.78 is 1.71. The molecule has 0 saturated heterocycles. The molecule has 0 fully saturated rings. The van der Waals surface area contributed by atoms with Crippen molar-refractivity contribution in [3.05, 3.63) is 18.0 Å². The van der Waals surface area contributed by atoms with E-state index in [9.17, 15) is 4.79 Å². The zero-order chi connectivity index (χ0) is 12.0. The van der Waals surface area contributed by atoms with Gasteiger partial charge in [-0.05, 0) is 6.42 Å². The Hall–Kier alpha value is -1.36. The predicted octanol–water partition coefficient (Wildman–Crippen LogP) is 0.554. The van der Waals surface area contributed by atoms with Crippen molar-refractivity contribution in [2.24, 2.45) is 12.8 Å². The number of rotatable bonds is 6. The highest BCUT2D eigenvalue weighted by Gasteiger charge is 2.12. The van der Waals surface area contributed by atoms with Crippen LogP contribution in [0.3, 0.4) is 0 Å². The molecule has 1 rings (SSSR count). The Kier molecular flexibility index (Phi) is 4.98. The first-order valence-corrected chi connectivity index (χ1v) is 5.64. The number of nitrogens with one attached hydrogen (secondary N) is 1. The number of amides is 1. The molecule has 5 heteroatoms. The quantitative estimate of drug-likeness (QED) is 0.741. The number of unbranched alkanes of at least 4 members (excludes halogenated alkanes) is 1. The van der Waals surface area contributed by atoms with Gasteiger partial charge >= 0.3 is 0 Å². The van der Waals surface area contributed by atoms with Crippen molar-refractivity contribution in [1.82, 2.24) is 15.1 Å². The first-order valence-electron chi connectivity index (χ1n) is 5.64. The highest BCUT2D eigenvalue weighted by Crippen LogP contribution is 1.99. The van der Waals surface area contributed by atoms with E-state index in [1.54, 1.807) is 10.9 Å². The molecular formula is C11H20N4O. The van der Waals surface area contributed by atoms with Gasteiger partial charge in [-0.2, -0.15) is 5.10 Å². The summed E-state index contributed by atoms with van der Waals surface area (Å²) in [5, 5.41) is 6.83. The Morgan fingerprint density at radius 1 is 1.69 bits per heavy atom. The normalized spacial score (nSPS) is 12.4. The second kappa shape index (κ2) is 6.27. The molecular weight excluding hydrogens is 204 g/mol. The van der Waals surface area contributed by atoms with Crippen LogP contribution in [0.5, 0.6) is 0 Å². The first kappa shape index (κ1) is 12.7. The average Bonchev–Trinajstić information content (AvgIpc) is 2.68. The fraction of sp³-hybridized carbons (Fsp3) is 0.636. The maximum Gasteiger partial charge on any atom is 0.237 e. The van der Waals surface area contributed by atoms with Crippen LogP contribution in [0.25, 0.3) is 0 Å². The summed E-state index contributed by atoms with van der Waals surface area (Å²) in [6.45, 7) is 2.58. The van der Waals surface area contributed by atoms with E-state index in [2.05, 4.69) is 17.3 Å². The van der Waals surface area contributed by atoms with Crippen LogP contribution in [0.4, 0.5) is 0 Å². The molecule has 0 unspecified atom stereocenters. The van der Waals surface area contributed by atoms with Crippen molar-refractivity contribution in [1.29, 1.82) is 0 Å². The second-order valence-electron chi connectivity index (χ2n) is 3.99. The molecule has 1 heterocycles. The number of nitrogens with zero attached hydrogens (tertiary/aromatic N) is 2. The molecule has 1 aromatic heterocycles. The molecule has 0 aromatic carbocycles. The molecule has 1 aromatic rings. The molecule has 0 radical (unpaired) electrons. The van der Waals surface area contributed by atoms with Crippen molar-refractivity contribution in [3.8, 4) is 0 Å². The summed E-state index contributed by atoms with van der Waals surface area (Å²) in [6, 6.07) is -0.392. The van der Waals surface area contributed by atoms with Gasteiger partial charge in [0.15, 0.2) is 0 Å². The lowest BCUT2D eigenvalue weighted by molar-refractivity contribution is -0.122. The third-order valence-corrected chi connectivity index (χ3v) is 2.43. The minimum atomic E-state index is -0.392. The molecule has 16 heavy (non-hydrogen) atoms. The Bertz CT molecular complexity index is 334. The number of nitrogens with two attached hydrogens (primary N) is 1. The number of hydrogen-bond donors (Lipinski definition) is 2. The SMILES string of the molecule is CCCC[C@H](N)C(=O)NCc1cnn(C)c1. The Morgan fingerprint density at radius 3 is 3.00 bits per heavy atom. The predicted molar refractivity (Wildman–Crippen MR) is 62.6 cm³/mol. The van der Waals surface area contributed by atoms with Gasteiger partial charge in [-0.25, -0.2) is 0 Å². The highest BCUT2D eigenvalue weighted by atomic mass is 16.2. The fourth-order valence-electron chi connectivity index (χ4n) is 1.44. The Morgan fingerprint density at radius 2 is 2.44 bits per heavy atom. The molecule has 0 saturated carbocycles. The smallest absolute Gasteiger partial charge is 0.237 e. The van der Waals surface area contributed by atoms with Gasteiger partial charge in [-0.3, -0.25) is 9.48 Å². The molecule has 1 amide bonds.